The van der Waals surface area contributed by atoms with Crippen LogP contribution in [0.1, 0.15) is 47.0 Å². The van der Waals surface area contributed by atoms with E-state index in [1.807, 2.05) is 27.7 Å². The predicted molar refractivity (Wildman–Crippen MR) is 117 cm³/mol. The van der Waals surface area contributed by atoms with Crippen molar-refractivity contribution in [2.24, 2.45) is 17.8 Å². The first-order chi connectivity index (χ1) is 13.9. The topological polar surface area (TPSA) is 53.1 Å². The zero-order chi connectivity index (χ0) is 21.2. The Morgan fingerprint density at radius 1 is 0.897 bits per heavy atom. The molecule has 2 aliphatic heterocycles. The number of rotatable bonds is 12. The van der Waals surface area contributed by atoms with Crippen LogP contribution in [0, 0.1) is 17.8 Å². The van der Waals surface area contributed by atoms with Gasteiger partial charge < -0.3 is 9.64 Å². The molecule has 0 spiro atoms. The van der Waals surface area contributed by atoms with Gasteiger partial charge in [-0.3, -0.25) is 19.4 Å². The number of hydrogen-bond donors (Lipinski definition) is 0. The Balaban J connectivity index is 1.54. The van der Waals surface area contributed by atoms with Crippen LogP contribution in [0.2, 0.25) is 0 Å². The zero-order valence-electron chi connectivity index (χ0n) is 19.2. The van der Waals surface area contributed by atoms with E-state index in [1.165, 1.54) is 19.4 Å². The lowest BCUT2D eigenvalue weighted by molar-refractivity contribution is -0.127. The quantitative estimate of drug-likeness (QED) is 0.461. The Morgan fingerprint density at radius 2 is 1.52 bits per heavy atom. The van der Waals surface area contributed by atoms with Crippen LogP contribution in [-0.2, 0) is 14.3 Å². The summed E-state index contributed by atoms with van der Waals surface area (Å²) in [6.45, 7) is 18.2. The number of carbonyl (C=O) groups excluding carboxylic acids is 2. The Bertz CT molecular complexity index is 496. The Hall–Kier alpha value is -0.820. The molecular weight excluding hydrogens is 366 g/mol. The van der Waals surface area contributed by atoms with Crippen LogP contribution in [0.4, 0.5) is 0 Å². The number of ether oxygens (including phenoxy) is 1. The summed E-state index contributed by atoms with van der Waals surface area (Å²) in [4.78, 5) is 31.1. The highest BCUT2D eigenvalue weighted by molar-refractivity contribution is 5.82. The third kappa shape index (κ3) is 8.83. The molecule has 2 fully saturated rings. The van der Waals surface area contributed by atoms with Crippen molar-refractivity contribution in [3.05, 3.63) is 0 Å². The van der Waals surface area contributed by atoms with E-state index in [0.29, 0.717) is 18.9 Å². The molecule has 0 N–H and O–H groups in total. The minimum atomic E-state index is 0.112. The maximum Gasteiger partial charge on any atom is 0.161 e. The number of piperidine rings is 1. The highest BCUT2D eigenvalue weighted by Gasteiger charge is 2.25. The average molecular weight is 410 g/mol. The largest absolute Gasteiger partial charge is 0.372 e. The first kappa shape index (κ1) is 24.4. The van der Waals surface area contributed by atoms with Crippen LogP contribution in [0.5, 0.6) is 0 Å². The predicted octanol–water partition coefficient (Wildman–Crippen LogP) is 2.17. The number of piperazine rings is 1. The molecule has 2 saturated heterocycles. The number of likely N-dealkylation sites (tertiary alicyclic amines) is 1. The fourth-order valence-electron chi connectivity index (χ4n) is 4.03. The van der Waals surface area contributed by atoms with Gasteiger partial charge in [-0.1, -0.05) is 27.7 Å². The van der Waals surface area contributed by atoms with E-state index >= 15 is 0 Å². The molecule has 2 aliphatic rings. The number of carbonyl (C=O) groups is 2. The summed E-state index contributed by atoms with van der Waals surface area (Å²) in [5, 5.41) is 0. The molecule has 0 aromatic rings. The number of Topliss-reactive ketones (excluding diaryl/α,β-unsaturated/α-hetero) is 2. The van der Waals surface area contributed by atoms with Crippen LogP contribution >= 0.6 is 0 Å². The fourth-order valence-corrected chi connectivity index (χ4v) is 4.03. The van der Waals surface area contributed by atoms with Gasteiger partial charge in [0, 0.05) is 51.1 Å². The summed E-state index contributed by atoms with van der Waals surface area (Å²) in [6, 6.07) is 0. The van der Waals surface area contributed by atoms with E-state index in [2.05, 4.69) is 14.7 Å². The molecule has 0 aromatic carbocycles. The second kappa shape index (κ2) is 12.8. The van der Waals surface area contributed by atoms with E-state index < -0.39 is 0 Å². The molecule has 1 atom stereocenters. The summed E-state index contributed by atoms with van der Waals surface area (Å²) in [7, 11) is 0. The highest BCUT2D eigenvalue weighted by Crippen LogP contribution is 2.19. The molecule has 6 nitrogen and oxygen atoms in total. The summed E-state index contributed by atoms with van der Waals surface area (Å²) in [5.74, 6) is 1.61. The van der Waals surface area contributed by atoms with Crippen LogP contribution < -0.4 is 0 Å². The molecule has 0 aromatic heterocycles. The molecule has 2 rings (SSSR count). The monoisotopic (exact) mass is 409 g/mol. The van der Waals surface area contributed by atoms with Crippen molar-refractivity contribution in [2.75, 3.05) is 72.1 Å². The molecule has 29 heavy (non-hydrogen) atoms. The minimum Gasteiger partial charge on any atom is -0.372 e. The van der Waals surface area contributed by atoms with Gasteiger partial charge in [-0.25, -0.2) is 0 Å². The average Bonchev–Trinajstić information content (AvgIpc) is 2.72. The van der Waals surface area contributed by atoms with Crippen molar-refractivity contribution >= 4 is 11.6 Å². The van der Waals surface area contributed by atoms with Gasteiger partial charge in [-0.2, -0.15) is 0 Å². The molecule has 0 saturated carbocycles. The maximum atomic E-state index is 11.9. The maximum absolute atomic E-state index is 11.9. The highest BCUT2D eigenvalue weighted by atomic mass is 16.5. The van der Waals surface area contributed by atoms with Gasteiger partial charge in [0.05, 0.1) is 13.2 Å². The van der Waals surface area contributed by atoms with E-state index in [0.717, 1.165) is 58.2 Å². The lowest BCUT2D eigenvalue weighted by Crippen LogP contribution is -2.49. The van der Waals surface area contributed by atoms with Crippen molar-refractivity contribution in [2.45, 2.75) is 47.0 Å². The summed E-state index contributed by atoms with van der Waals surface area (Å²) >= 11 is 0. The lowest BCUT2D eigenvalue weighted by atomic mass is 9.95. The van der Waals surface area contributed by atoms with Gasteiger partial charge in [0.25, 0.3) is 0 Å². The van der Waals surface area contributed by atoms with Gasteiger partial charge in [-0.05, 0) is 38.3 Å². The number of hydrogen-bond acceptors (Lipinski definition) is 6. The van der Waals surface area contributed by atoms with Crippen LogP contribution in [0.25, 0.3) is 0 Å². The standard InChI is InChI=1S/C23H43N3O3/c1-5-20(4)23(28)18-29-15-14-24-10-12-26(13-11-24)16-21-6-8-25(9-7-21)17-22(27)19(2)3/h19-21H,5-18H2,1-4H3. The molecule has 0 aliphatic carbocycles. The molecule has 6 heteroatoms. The third-order valence-corrected chi connectivity index (χ3v) is 6.67. The lowest BCUT2D eigenvalue weighted by Gasteiger charge is -2.38. The van der Waals surface area contributed by atoms with Crippen molar-refractivity contribution < 1.29 is 14.3 Å². The van der Waals surface area contributed by atoms with E-state index in [-0.39, 0.29) is 24.2 Å². The number of ketones is 2. The summed E-state index contributed by atoms with van der Waals surface area (Å²) in [5.41, 5.74) is 0. The van der Waals surface area contributed by atoms with E-state index in [1.54, 1.807) is 0 Å². The summed E-state index contributed by atoms with van der Waals surface area (Å²) < 4.78 is 5.59. The molecule has 1 unspecified atom stereocenters. The van der Waals surface area contributed by atoms with Crippen LogP contribution in [0.15, 0.2) is 0 Å². The van der Waals surface area contributed by atoms with Gasteiger partial charge in [0.1, 0.15) is 12.4 Å². The van der Waals surface area contributed by atoms with Gasteiger partial charge in [-0.15, -0.1) is 0 Å². The molecule has 2 heterocycles. The van der Waals surface area contributed by atoms with Crippen molar-refractivity contribution in [3.63, 3.8) is 0 Å². The second-order valence-electron chi connectivity index (χ2n) is 9.31. The number of nitrogens with zero attached hydrogens (tertiary/aromatic N) is 3. The molecular formula is C23H43N3O3. The summed E-state index contributed by atoms with van der Waals surface area (Å²) in [6.07, 6.45) is 3.31. The molecule has 168 valence electrons. The van der Waals surface area contributed by atoms with Crippen LogP contribution in [0.3, 0.4) is 0 Å². The Kier molecular flexibility index (Phi) is 10.8. The minimum absolute atomic E-state index is 0.112. The molecule has 0 bridgehead atoms. The fraction of sp³-hybridized carbons (Fsp3) is 0.913. The molecule has 0 amide bonds. The van der Waals surface area contributed by atoms with Gasteiger partial charge >= 0.3 is 0 Å². The SMILES string of the molecule is CCC(C)C(=O)COCCN1CCN(CC2CCN(CC(=O)C(C)C)CC2)CC1. The van der Waals surface area contributed by atoms with Crippen molar-refractivity contribution in [1.82, 2.24) is 14.7 Å². The Morgan fingerprint density at radius 3 is 2.10 bits per heavy atom. The first-order valence-corrected chi connectivity index (χ1v) is 11.7. The zero-order valence-corrected chi connectivity index (χ0v) is 19.2. The third-order valence-electron chi connectivity index (χ3n) is 6.67. The van der Waals surface area contributed by atoms with Gasteiger partial charge in [0.2, 0.25) is 0 Å². The second-order valence-corrected chi connectivity index (χ2v) is 9.31. The smallest absolute Gasteiger partial charge is 0.161 e. The van der Waals surface area contributed by atoms with E-state index in [9.17, 15) is 9.59 Å². The van der Waals surface area contributed by atoms with Crippen molar-refractivity contribution in [1.29, 1.82) is 0 Å². The van der Waals surface area contributed by atoms with Crippen molar-refractivity contribution in [3.8, 4) is 0 Å². The first-order valence-electron chi connectivity index (χ1n) is 11.7. The van der Waals surface area contributed by atoms with Crippen LogP contribution in [-0.4, -0.2) is 98.4 Å². The van der Waals surface area contributed by atoms with Gasteiger partial charge in [0.15, 0.2) is 5.78 Å². The van der Waals surface area contributed by atoms with E-state index in [4.69, 9.17) is 4.74 Å². The molecule has 0 radical (unpaired) electrons. The normalized spacial score (nSPS) is 21.6. The Labute approximate surface area is 177 Å².